The summed E-state index contributed by atoms with van der Waals surface area (Å²) in [5, 5.41) is 1.14. The molecule has 0 spiro atoms. The number of rotatable bonds is 2. The molecule has 0 radical (unpaired) electrons. The third-order valence-corrected chi connectivity index (χ3v) is 2.55. The fourth-order valence-corrected chi connectivity index (χ4v) is 1.54. The molecule has 0 amide bonds. The molecule has 15 heavy (non-hydrogen) atoms. The van der Waals surface area contributed by atoms with Crippen molar-refractivity contribution < 1.29 is 4.74 Å². The van der Waals surface area contributed by atoms with E-state index >= 15 is 0 Å². The number of hydrogen-bond acceptors (Lipinski definition) is 1. The Morgan fingerprint density at radius 2 is 2.00 bits per heavy atom. The van der Waals surface area contributed by atoms with Gasteiger partial charge in [0.25, 0.3) is 0 Å². The lowest BCUT2D eigenvalue weighted by molar-refractivity contribution is 0.443. The van der Waals surface area contributed by atoms with Crippen LogP contribution in [0.25, 0.3) is 0 Å². The van der Waals surface area contributed by atoms with Gasteiger partial charge in [-0.3, -0.25) is 0 Å². The maximum absolute atomic E-state index is 5.97. The SMILES string of the molecule is Cn1cccc1Oc1cc(Cl)ccc1Cl. The molecule has 2 rings (SSSR count). The fourth-order valence-electron chi connectivity index (χ4n) is 1.22. The van der Waals surface area contributed by atoms with E-state index < -0.39 is 0 Å². The molecule has 0 aliphatic heterocycles. The van der Waals surface area contributed by atoms with Crippen LogP contribution in [0.1, 0.15) is 0 Å². The molecule has 0 saturated carbocycles. The second kappa shape index (κ2) is 4.17. The predicted molar refractivity (Wildman–Crippen MR) is 61.9 cm³/mol. The number of aromatic nitrogens is 1. The maximum Gasteiger partial charge on any atom is 0.199 e. The predicted octanol–water partition coefficient (Wildman–Crippen LogP) is 4.12. The first-order valence-corrected chi connectivity index (χ1v) is 5.16. The number of aryl methyl sites for hydroxylation is 1. The minimum atomic E-state index is 0.542. The highest BCUT2D eigenvalue weighted by molar-refractivity contribution is 6.34. The van der Waals surface area contributed by atoms with Crippen molar-refractivity contribution in [3.63, 3.8) is 0 Å². The van der Waals surface area contributed by atoms with Crippen LogP contribution in [-0.2, 0) is 7.05 Å². The number of hydrogen-bond donors (Lipinski definition) is 0. The standard InChI is InChI=1S/C11H9Cl2NO/c1-14-6-2-3-11(14)15-10-7-8(12)4-5-9(10)13/h2-7H,1H3. The van der Waals surface area contributed by atoms with Gasteiger partial charge in [-0.15, -0.1) is 0 Å². The number of nitrogens with zero attached hydrogens (tertiary/aromatic N) is 1. The summed E-state index contributed by atoms with van der Waals surface area (Å²) in [7, 11) is 1.90. The van der Waals surface area contributed by atoms with E-state index in [1.165, 1.54) is 0 Å². The first-order chi connectivity index (χ1) is 7.16. The van der Waals surface area contributed by atoms with Crippen LogP contribution in [-0.4, -0.2) is 4.57 Å². The Morgan fingerprint density at radius 1 is 1.20 bits per heavy atom. The Labute approximate surface area is 98.0 Å². The van der Waals surface area contributed by atoms with Crippen LogP contribution >= 0.6 is 23.2 Å². The van der Waals surface area contributed by atoms with Crippen LogP contribution in [0.15, 0.2) is 36.5 Å². The van der Waals surface area contributed by atoms with E-state index in [4.69, 9.17) is 27.9 Å². The van der Waals surface area contributed by atoms with E-state index in [9.17, 15) is 0 Å². The lowest BCUT2D eigenvalue weighted by atomic mass is 10.3. The summed E-state index contributed by atoms with van der Waals surface area (Å²) in [6, 6.07) is 8.88. The van der Waals surface area contributed by atoms with Crippen LogP contribution in [0.4, 0.5) is 0 Å². The Hall–Kier alpha value is -1.12. The van der Waals surface area contributed by atoms with E-state index in [2.05, 4.69) is 0 Å². The van der Waals surface area contributed by atoms with Gasteiger partial charge in [0.2, 0.25) is 0 Å². The van der Waals surface area contributed by atoms with Gasteiger partial charge in [-0.25, -0.2) is 0 Å². The molecule has 0 aliphatic rings. The molecule has 2 nitrogen and oxygen atoms in total. The summed E-state index contributed by atoms with van der Waals surface area (Å²) in [6.45, 7) is 0. The normalized spacial score (nSPS) is 10.3. The minimum absolute atomic E-state index is 0.542. The monoisotopic (exact) mass is 241 g/mol. The van der Waals surface area contributed by atoms with Gasteiger partial charge in [0.05, 0.1) is 5.02 Å². The number of ether oxygens (including phenoxy) is 1. The average molecular weight is 242 g/mol. The smallest absolute Gasteiger partial charge is 0.199 e. The Bertz CT molecular complexity index is 479. The quantitative estimate of drug-likeness (QED) is 0.772. The molecule has 1 aromatic heterocycles. The van der Waals surface area contributed by atoms with Crippen LogP contribution in [0, 0.1) is 0 Å². The second-order valence-electron chi connectivity index (χ2n) is 3.13. The molecule has 0 unspecified atom stereocenters. The van der Waals surface area contributed by atoms with Gasteiger partial charge in [-0.05, 0) is 18.2 Å². The van der Waals surface area contributed by atoms with Gasteiger partial charge >= 0.3 is 0 Å². The second-order valence-corrected chi connectivity index (χ2v) is 3.98. The molecule has 0 bridgehead atoms. The van der Waals surface area contributed by atoms with Gasteiger partial charge in [-0.2, -0.15) is 0 Å². The summed E-state index contributed by atoms with van der Waals surface area (Å²) in [4.78, 5) is 0. The summed E-state index contributed by atoms with van der Waals surface area (Å²) in [5.41, 5.74) is 0. The molecular formula is C11H9Cl2NO. The van der Waals surface area contributed by atoms with Gasteiger partial charge in [-0.1, -0.05) is 23.2 Å². The Balaban J connectivity index is 2.32. The zero-order chi connectivity index (χ0) is 10.8. The summed E-state index contributed by atoms with van der Waals surface area (Å²) < 4.78 is 7.47. The molecule has 1 heterocycles. The van der Waals surface area contributed by atoms with Crippen LogP contribution in [0.5, 0.6) is 11.6 Å². The summed E-state index contributed by atoms with van der Waals surface area (Å²) in [5.74, 6) is 1.28. The molecule has 0 N–H and O–H groups in total. The molecule has 2 aromatic rings. The van der Waals surface area contributed by atoms with Gasteiger partial charge in [0, 0.05) is 30.4 Å². The molecule has 0 saturated heterocycles. The third-order valence-electron chi connectivity index (χ3n) is 2.00. The van der Waals surface area contributed by atoms with E-state index in [-0.39, 0.29) is 0 Å². The van der Waals surface area contributed by atoms with Gasteiger partial charge < -0.3 is 9.30 Å². The number of halogens is 2. The van der Waals surface area contributed by atoms with Crippen molar-refractivity contribution in [3.05, 3.63) is 46.6 Å². The maximum atomic E-state index is 5.97. The van der Waals surface area contributed by atoms with Crippen molar-refractivity contribution in [1.29, 1.82) is 0 Å². The van der Waals surface area contributed by atoms with E-state index in [1.54, 1.807) is 18.2 Å². The first-order valence-electron chi connectivity index (χ1n) is 4.41. The number of benzene rings is 1. The first kappa shape index (κ1) is 10.4. The minimum Gasteiger partial charge on any atom is -0.439 e. The van der Waals surface area contributed by atoms with Crippen molar-refractivity contribution in [3.8, 4) is 11.6 Å². The zero-order valence-electron chi connectivity index (χ0n) is 8.08. The Morgan fingerprint density at radius 3 is 2.67 bits per heavy atom. The van der Waals surface area contributed by atoms with E-state index in [0.29, 0.717) is 15.8 Å². The summed E-state index contributed by atoms with van der Waals surface area (Å²) >= 11 is 11.8. The average Bonchev–Trinajstić information content (AvgIpc) is 2.58. The van der Waals surface area contributed by atoms with Crippen molar-refractivity contribution in [2.24, 2.45) is 7.05 Å². The highest BCUT2D eigenvalue weighted by atomic mass is 35.5. The molecule has 0 atom stereocenters. The molecule has 0 aliphatic carbocycles. The molecule has 0 fully saturated rings. The van der Waals surface area contributed by atoms with Crippen LogP contribution in [0.3, 0.4) is 0 Å². The van der Waals surface area contributed by atoms with Crippen molar-refractivity contribution in [1.82, 2.24) is 4.57 Å². The Kier molecular flexibility index (Phi) is 2.89. The van der Waals surface area contributed by atoms with Gasteiger partial charge in [0.1, 0.15) is 5.75 Å². The highest BCUT2D eigenvalue weighted by Crippen LogP contribution is 2.31. The largest absolute Gasteiger partial charge is 0.439 e. The van der Waals surface area contributed by atoms with Crippen LogP contribution < -0.4 is 4.74 Å². The lowest BCUT2D eigenvalue weighted by Gasteiger charge is -2.08. The van der Waals surface area contributed by atoms with E-state index in [1.807, 2.05) is 29.9 Å². The topological polar surface area (TPSA) is 14.2 Å². The summed E-state index contributed by atoms with van der Waals surface area (Å²) in [6.07, 6.45) is 1.90. The van der Waals surface area contributed by atoms with Gasteiger partial charge in [0.15, 0.2) is 5.88 Å². The molecule has 1 aromatic carbocycles. The molecule has 4 heteroatoms. The van der Waals surface area contributed by atoms with Crippen molar-refractivity contribution >= 4 is 23.2 Å². The van der Waals surface area contributed by atoms with Crippen molar-refractivity contribution in [2.75, 3.05) is 0 Å². The molecular weight excluding hydrogens is 233 g/mol. The zero-order valence-corrected chi connectivity index (χ0v) is 9.59. The van der Waals surface area contributed by atoms with Crippen LogP contribution in [0.2, 0.25) is 10.0 Å². The fraction of sp³-hybridized carbons (Fsp3) is 0.0909. The van der Waals surface area contributed by atoms with E-state index in [0.717, 1.165) is 5.88 Å². The highest BCUT2D eigenvalue weighted by Gasteiger charge is 2.05. The third kappa shape index (κ3) is 2.28. The lowest BCUT2D eigenvalue weighted by Crippen LogP contribution is -1.92. The molecule has 78 valence electrons. The van der Waals surface area contributed by atoms with Crippen molar-refractivity contribution in [2.45, 2.75) is 0 Å².